The van der Waals surface area contributed by atoms with Crippen LogP contribution in [0.1, 0.15) is 32.8 Å². The second-order valence-electron chi connectivity index (χ2n) is 6.26. The predicted octanol–water partition coefficient (Wildman–Crippen LogP) is 3.15. The van der Waals surface area contributed by atoms with Gasteiger partial charge < -0.3 is 23.7 Å². The van der Waals surface area contributed by atoms with Crippen molar-refractivity contribution in [2.75, 3.05) is 27.6 Å². The van der Waals surface area contributed by atoms with Gasteiger partial charge in [-0.2, -0.15) is 0 Å². The molecule has 0 saturated carbocycles. The van der Waals surface area contributed by atoms with Gasteiger partial charge in [-0.05, 0) is 57.4 Å². The Hall–Kier alpha value is -1.30. The van der Waals surface area contributed by atoms with Crippen LogP contribution in [0.4, 0.5) is 0 Å². The van der Waals surface area contributed by atoms with Gasteiger partial charge in [-0.1, -0.05) is 0 Å². The normalized spacial score (nSPS) is 23.5. The quantitative estimate of drug-likeness (QED) is 0.724. The molecule has 2 rings (SSSR count). The lowest BCUT2D eigenvalue weighted by molar-refractivity contribution is -0.158. The van der Waals surface area contributed by atoms with Crippen LogP contribution < -0.4 is 9.47 Å². The van der Waals surface area contributed by atoms with E-state index in [9.17, 15) is 0 Å². The van der Waals surface area contributed by atoms with E-state index in [1.807, 2.05) is 32.0 Å². The van der Waals surface area contributed by atoms with Gasteiger partial charge in [0.15, 0.2) is 12.6 Å². The molecule has 1 aliphatic heterocycles. The lowest BCUT2D eigenvalue weighted by atomic mass is 9.97. The first-order valence-electron chi connectivity index (χ1n) is 7.50. The van der Waals surface area contributed by atoms with Gasteiger partial charge in [0.25, 0.3) is 0 Å². The molecular formula is C17H26O5. The number of ether oxygens (including phenoxy) is 5. The first kappa shape index (κ1) is 17.1. The number of rotatable bonds is 7. The second-order valence-corrected chi connectivity index (χ2v) is 6.26. The summed E-state index contributed by atoms with van der Waals surface area (Å²) in [5, 5.41) is 0. The summed E-state index contributed by atoms with van der Waals surface area (Å²) in [5.74, 6) is 1.11. The fourth-order valence-electron chi connectivity index (χ4n) is 2.64. The highest BCUT2D eigenvalue weighted by Crippen LogP contribution is 2.35. The lowest BCUT2D eigenvalue weighted by Crippen LogP contribution is -2.31. The maximum atomic E-state index is 6.02. The molecule has 0 bridgehead atoms. The van der Waals surface area contributed by atoms with Crippen LogP contribution in [0.2, 0.25) is 0 Å². The third-order valence-corrected chi connectivity index (χ3v) is 3.74. The molecule has 1 saturated heterocycles. The summed E-state index contributed by atoms with van der Waals surface area (Å²) >= 11 is 0. The van der Waals surface area contributed by atoms with E-state index in [2.05, 4.69) is 6.92 Å². The fourth-order valence-corrected chi connectivity index (χ4v) is 2.64. The number of methoxy groups -OCH3 is 2. The van der Waals surface area contributed by atoms with Gasteiger partial charge in [-0.15, -0.1) is 0 Å². The topological polar surface area (TPSA) is 46.2 Å². The zero-order valence-corrected chi connectivity index (χ0v) is 14.1. The SMILES string of the molecule is COCOc1ccc(OC)cc1CC[C@@]1(C)COC(C)(C)O1. The van der Waals surface area contributed by atoms with Gasteiger partial charge in [0.1, 0.15) is 11.5 Å². The third kappa shape index (κ3) is 4.35. The van der Waals surface area contributed by atoms with Crippen molar-refractivity contribution in [3.8, 4) is 11.5 Å². The minimum absolute atomic E-state index is 0.225. The molecule has 5 heteroatoms. The van der Waals surface area contributed by atoms with Gasteiger partial charge in [0, 0.05) is 7.11 Å². The van der Waals surface area contributed by atoms with E-state index in [4.69, 9.17) is 23.7 Å². The van der Waals surface area contributed by atoms with Crippen LogP contribution in [0, 0.1) is 0 Å². The maximum absolute atomic E-state index is 6.02. The highest BCUT2D eigenvalue weighted by molar-refractivity contribution is 5.40. The molecule has 1 fully saturated rings. The Morgan fingerprint density at radius 1 is 1.18 bits per heavy atom. The third-order valence-electron chi connectivity index (χ3n) is 3.74. The summed E-state index contributed by atoms with van der Waals surface area (Å²) in [6, 6.07) is 5.79. The first-order chi connectivity index (χ1) is 10.4. The summed E-state index contributed by atoms with van der Waals surface area (Å²) in [5.41, 5.74) is 0.788. The van der Waals surface area contributed by atoms with Crippen molar-refractivity contribution < 1.29 is 23.7 Å². The average Bonchev–Trinajstić information content (AvgIpc) is 2.77. The van der Waals surface area contributed by atoms with Crippen molar-refractivity contribution >= 4 is 0 Å². The Bertz CT molecular complexity index is 500. The van der Waals surface area contributed by atoms with E-state index in [-0.39, 0.29) is 12.4 Å². The Balaban J connectivity index is 2.07. The summed E-state index contributed by atoms with van der Waals surface area (Å²) in [6.45, 7) is 6.78. The number of aryl methyl sites for hydroxylation is 1. The van der Waals surface area contributed by atoms with Gasteiger partial charge in [-0.3, -0.25) is 0 Å². The van der Waals surface area contributed by atoms with Crippen LogP contribution >= 0.6 is 0 Å². The minimum Gasteiger partial charge on any atom is -0.497 e. The molecule has 22 heavy (non-hydrogen) atoms. The molecule has 124 valence electrons. The monoisotopic (exact) mass is 310 g/mol. The van der Waals surface area contributed by atoms with E-state index >= 15 is 0 Å². The van der Waals surface area contributed by atoms with Crippen molar-refractivity contribution in [2.24, 2.45) is 0 Å². The van der Waals surface area contributed by atoms with Crippen LogP contribution in [-0.2, 0) is 20.6 Å². The van der Waals surface area contributed by atoms with Gasteiger partial charge in [0.2, 0.25) is 0 Å². The molecule has 0 N–H and O–H groups in total. The molecule has 0 aliphatic carbocycles. The molecule has 1 aromatic rings. The summed E-state index contributed by atoms with van der Waals surface area (Å²) < 4.78 is 27.6. The Labute approximate surface area is 132 Å². The number of hydrogen-bond donors (Lipinski definition) is 0. The predicted molar refractivity (Wildman–Crippen MR) is 83.3 cm³/mol. The molecule has 1 aliphatic rings. The van der Waals surface area contributed by atoms with Crippen molar-refractivity contribution in [3.05, 3.63) is 23.8 Å². The van der Waals surface area contributed by atoms with Crippen molar-refractivity contribution in [3.63, 3.8) is 0 Å². The zero-order chi connectivity index (χ0) is 16.2. The largest absolute Gasteiger partial charge is 0.497 e. The van der Waals surface area contributed by atoms with Crippen LogP contribution in [0.3, 0.4) is 0 Å². The summed E-state index contributed by atoms with van der Waals surface area (Å²) in [7, 11) is 3.27. The highest BCUT2D eigenvalue weighted by atomic mass is 16.8. The van der Waals surface area contributed by atoms with Crippen molar-refractivity contribution in [1.29, 1.82) is 0 Å². The second kappa shape index (κ2) is 6.86. The summed E-state index contributed by atoms with van der Waals surface area (Å²) in [6.07, 6.45) is 1.65. The Morgan fingerprint density at radius 2 is 1.95 bits per heavy atom. The molecular weight excluding hydrogens is 284 g/mol. The molecule has 0 radical (unpaired) electrons. The lowest BCUT2D eigenvalue weighted by Gasteiger charge is -2.25. The molecule has 1 atom stereocenters. The average molecular weight is 310 g/mol. The minimum atomic E-state index is -0.515. The van der Waals surface area contributed by atoms with E-state index in [0.29, 0.717) is 6.61 Å². The Morgan fingerprint density at radius 3 is 2.55 bits per heavy atom. The summed E-state index contributed by atoms with van der Waals surface area (Å²) in [4.78, 5) is 0. The first-order valence-corrected chi connectivity index (χ1v) is 7.50. The fraction of sp³-hybridized carbons (Fsp3) is 0.647. The van der Waals surface area contributed by atoms with Crippen molar-refractivity contribution in [2.45, 2.75) is 45.0 Å². The van der Waals surface area contributed by atoms with Crippen LogP contribution in [-0.4, -0.2) is 39.0 Å². The molecule has 0 amide bonds. The van der Waals surface area contributed by atoms with Crippen LogP contribution in [0.5, 0.6) is 11.5 Å². The molecule has 1 aromatic carbocycles. The smallest absolute Gasteiger partial charge is 0.188 e. The van der Waals surface area contributed by atoms with Crippen LogP contribution in [0.15, 0.2) is 18.2 Å². The molecule has 1 heterocycles. The van der Waals surface area contributed by atoms with Gasteiger partial charge >= 0.3 is 0 Å². The zero-order valence-electron chi connectivity index (χ0n) is 14.1. The maximum Gasteiger partial charge on any atom is 0.188 e. The molecule has 5 nitrogen and oxygen atoms in total. The molecule has 0 spiro atoms. The van der Waals surface area contributed by atoms with Crippen LogP contribution in [0.25, 0.3) is 0 Å². The van der Waals surface area contributed by atoms with E-state index in [1.165, 1.54) is 0 Å². The molecule has 0 aromatic heterocycles. The number of hydrogen-bond acceptors (Lipinski definition) is 5. The van der Waals surface area contributed by atoms with E-state index in [0.717, 1.165) is 29.9 Å². The van der Waals surface area contributed by atoms with Gasteiger partial charge in [-0.25, -0.2) is 0 Å². The standard InChI is InChI=1S/C17H26O5/c1-16(2)21-11-17(3,22-16)9-8-13-10-14(19-5)6-7-15(13)20-12-18-4/h6-7,10H,8-9,11-12H2,1-5H3/t17-/m0/s1. The van der Waals surface area contributed by atoms with E-state index in [1.54, 1.807) is 14.2 Å². The Kier molecular flexibility index (Phi) is 5.32. The van der Waals surface area contributed by atoms with Gasteiger partial charge in [0.05, 0.1) is 19.3 Å². The number of benzene rings is 1. The highest BCUT2D eigenvalue weighted by Gasteiger charge is 2.41. The van der Waals surface area contributed by atoms with E-state index < -0.39 is 5.79 Å². The van der Waals surface area contributed by atoms with Crippen molar-refractivity contribution in [1.82, 2.24) is 0 Å². The molecule has 0 unspecified atom stereocenters.